The van der Waals surface area contributed by atoms with E-state index in [4.69, 9.17) is 9.47 Å². The van der Waals surface area contributed by atoms with Crippen LogP contribution >= 0.6 is 23.1 Å². The zero-order chi connectivity index (χ0) is 18.2. The topological polar surface area (TPSA) is 90.4 Å². The van der Waals surface area contributed by atoms with Gasteiger partial charge >= 0.3 is 5.97 Å². The van der Waals surface area contributed by atoms with Crippen molar-refractivity contribution in [2.24, 2.45) is 0 Å². The summed E-state index contributed by atoms with van der Waals surface area (Å²) < 4.78 is 10.9. The van der Waals surface area contributed by atoms with Crippen LogP contribution in [0.3, 0.4) is 0 Å². The Hall–Kier alpha value is -2.13. The lowest BCUT2D eigenvalue weighted by Crippen LogP contribution is -2.20. The van der Waals surface area contributed by atoms with Crippen LogP contribution in [0.15, 0.2) is 22.5 Å². The molecule has 0 aliphatic carbocycles. The zero-order valence-electron chi connectivity index (χ0n) is 14.2. The Labute approximate surface area is 154 Å². The van der Waals surface area contributed by atoms with Crippen LogP contribution in [0.5, 0.6) is 5.75 Å². The van der Waals surface area contributed by atoms with Gasteiger partial charge in [-0.2, -0.15) is 0 Å². The molecule has 2 rings (SSSR count). The molecule has 0 atom stereocenters. The highest BCUT2D eigenvalue weighted by Gasteiger charge is 2.11. The van der Waals surface area contributed by atoms with Crippen molar-refractivity contribution in [1.82, 2.24) is 10.2 Å². The molecule has 1 aromatic heterocycles. The van der Waals surface area contributed by atoms with E-state index in [1.165, 1.54) is 23.1 Å². The van der Waals surface area contributed by atoms with Crippen LogP contribution < -0.4 is 10.1 Å². The molecule has 0 bridgehead atoms. The number of nitrogens with one attached hydrogen (secondary N) is 1. The summed E-state index contributed by atoms with van der Waals surface area (Å²) in [6.07, 6.45) is 0. The van der Waals surface area contributed by atoms with Gasteiger partial charge in [0.1, 0.15) is 5.75 Å². The molecule has 0 fully saturated rings. The van der Waals surface area contributed by atoms with Gasteiger partial charge in [-0.1, -0.05) is 29.2 Å². The van der Waals surface area contributed by atoms with Gasteiger partial charge in [-0.15, -0.1) is 10.2 Å². The smallest absolute Gasteiger partial charge is 0.316 e. The number of anilines is 1. The molecule has 0 saturated carbocycles. The minimum atomic E-state index is -0.322. The van der Waals surface area contributed by atoms with E-state index in [2.05, 4.69) is 15.5 Å². The normalized spacial score (nSPS) is 10.4. The highest BCUT2D eigenvalue weighted by atomic mass is 32.2. The van der Waals surface area contributed by atoms with Crippen molar-refractivity contribution < 1.29 is 19.1 Å². The number of ether oxygens (including phenoxy) is 2. The average Bonchev–Trinajstić information content (AvgIpc) is 2.98. The first-order chi connectivity index (χ1) is 12.0. The van der Waals surface area contributed by atoms with E-state index in [9.17, 15) is 9.59 Å². The number of carbonyl (C=O) groups is 2. The van der Waals surface area contributed by atoms with Gasteiger partial charge in [-0.25, -0.2) is 0 Å². The highest BCUT2D eigenvalue weighted by Crippen LogP contribution is 2.25. The summed E-state index contributed by atoms with van der Waals surface area (Å²) in [5.74, 6) is 0.176. The lowest BCUT2D eigenvalue weighted by atomic mass is 10.1. The van der Waals surface area contributed by atoms with E-state index >= 15 is 0 Å². The fraction of sp³-hybridized carbons (Fsp3) is 0.375. The molecule has 0 radical (unpaired) electrons. The molecule has 1 amide bonds. The number of aromatic nitrogens is 2. The average molecular weight is 381 g/mol. The molecule has 134 valence electrons. The highest BCUT2D eigenvalue weighted by molar-refractivity contribution is 8.01. The van der Waals surface area contributed by atoms with Crippen LogP contribution in [0.25, 0.3) is 0 Å². The number of hydrogen-bond donors (Lipinski definition) is 1. The first-order valence-corrected chi connectivity index (χ1v) is 9.39. The van der Waals surface area contributed by atoms with Crippen molar-refractivity contribution in [3.8, 4) is 5.75 Å². The van der Waals surface area contributed by atoms with Gasteiger partial charge in [0.05, 0.1) is 12.4 Å². The number of amides is 1. The van der Waals surface area contributed by atoms with Gasteiger partial charge in [-0.3, -0.25) is 14.9 Å². The third-order valence-corrected chi connectivity index (χ3v) is 4.78. The Kier molecular flexibility index (Phi) is 7.20. The lowest BCUT2D eigenvalue weighted by Gasteiger charge is -2.07. The Morgan fingerprint density at radius 3 is 2.60 bits per heavy atom. The first-order valence-electron chi connectivity index (χ1n) is 7.59. The zero-order valence-corrected chi connectivity index (χ0v) is 15.8. The van der Waals surface area contributed by atoms with Crippen molar-refractivity contribution >= 4 is 40.1 Å². The molecular weight excluding hydrogens is 362 g/mol. The second-order valence-electron chi connectivity index (χ2n) is 5.13. The van der Waals surface area contributed by atoms with Gasteiger partial charge < -0.3 is 9.47 Å². The van der Waals surface area contributed by atoms with Crippen molar-refractivity contribution in [3.05, 3.63) is 29.3 Å². The van der Waals surface area contributed by atoms with Crippen molar-refractivity contribution in [2.75, 3.05) is 24.3 Å². The number of esters is 1. The number of rotatable bonds is 8. The van der Waals surface area contributed by atoms with Gasteiger partial charge in [0.2, 0.25) is 5.13 Å². The summed E-state index contributed by atoms with van der Waals surface area (Å²) in [5, 5.41) is 10.8. The van der Waals surface area contributed by atoms with Crippen molar-refractivity contribution in [1.29, 1.82) is 0 Å². The molecular formula is C16H19N3O4S2. The number of hydrogen-bond acceptors (Lipinski definition) is 8. The predicted molar refractivity (Wildman–Crippen MR) is 97.3 cm³/mol. The molecule has 9 heteroatoms. The molecule has 0 unspecified atom stereocenters. The predicted octanol–water partition coefficient (Wildman–Crippen LogP) is 2.83. The number of aryl methyl sites for hydroxylation is 2. The van der Waals surface area contributed by atoms with Gasteiger partial charge in [-0.05, 0) is 44.0 Å². The quantitative estimate of drug-likeness (QED) is 0.427. The minimum Gasteiger partial charge on any atom is -0.484 e. The molecule has 2 aromatic rings. The van der Waals surface area contributed by atoms with Crippen LogP contribution in [-0.4, -0.2) is 41.0 Å². The Morgan fingerprint density at radius 2 is 1.92 bits per heavy atom. The molecule has 1 heterocycles. The second kappa shape index (κ2) is 9.38. The fourth-order valence-corrected chi connectivity index (χ4v) is 3.53. The summed E-state index contributed by atoms with van der Waals surface area (Å²) >= 11 is 2.41. The Morgan fingerprint density at radius 1 is 1.20 bits per heavy atom. The Bertz CT molecular complexity index is 728. The monoisotopic (exact) mass is 381 g/mol. The second-order valence-corrected chi connectivity index (χ2v) is 7.33. The van der Waals surface area contributed by atoms with Gasteiger partial charge in [0, 0.05) is 0 Å². The van der Waals surface area contributed by atoms with E-state index in [-0.39, 0.29) is 24.2 Å². The molecule has 1 N–H and O–H groups in total. The van der Waals surface area contributed by atoms with Crippen LogP contribution in [-0.2, 0) is 14.3 Å². The van der Waals surface area contributed by atoms with E-state index in [0.717, 1.165) is 11.1 Å². The summed E-state index contributed by atoms with van der Waals surface area (Å²) in [7, 11) is 0. The van der Waals surface area contributed by atoms with E-state index in [1.54, 1.807) is 6.92 Å². The maximum Gasteiger partial charge on any atom is 0.316 e. The number of benzene rings is 1. The van der Waals surface area contributed by atoms with Gasteiger partial charge in [0.25, 0.3) is 5.91 Å². The summed E-state index contributed by atoms with van der Waals surface area (Å²) in [6.45, 7) is 5.92. The maximum absolute atomic E-state index is 11.9. The van der Waals surface area contributed by atoms with E-state index in [0.29, 0.717) is 21.8 Å². The summed E-state index contributed by atoms with van der Waals surface area (Å²) in [5.41, 5.74) is 2.14. The first kappa shape index (κ1) is 19.2. The maximum atomic E-state index is 11.9. The van der Waals surface area contributed by atoms with E-state index in [1.807, 2.05) is 32.0 Å². The number of thioether (sulfide) groups is 1. The lowest BCUT2D eigenvalue weighted by molar-refractivity contribution is -0.139. The van der Waals surface area contributed by atoms with Crippen LogP contribution in [0.4, 0.5) is 5.13 Å². The molecule has 0 saturated heterocycles. The van der Waals surface area contributed by atoms with Crippen LogP contribution in [0, 0.1) is 13.8 Å². The molecule has 0 spiro atoms. The SMILES string of the molecule is CCOC(=O)CSc1nnc(NC(=O)COc2cc(C)cc(C)c2)s1. The van der Waals surface area contributed by atoms with Crippen molar-refractivity contribution in [3.63, 3.8) is 0 Å². The standard InChI is InChI=1S/C16H19N3O4S2/c1-4-22-14(21)9-24-16-19-18-15(25-16)17-13(20)8-23-12-6-10(2)5-11(3)7-12/h5-7H,4,8-9H2,1-3H3,(H,17,18,20). The summed E-state index contributed by atoms with van der Waals surface area (Å²) in [6, 6.07) is 5.77. The van der Waals surface area contributed by atoms with Crippen LogP contribution in [0.2, 0.25) is 0 Å². The third-order valence-electron chi connectivity index (χ3n) is 2.84. The Balaban J connectivity index is 1.79. The summed E-state index contributed by atoms with van der Waals surface area (Å²) in [4.78, 5) is 23.2. The fourth-order valence-electron chi connectivity index (χ4n) is 1.96. The van der Waals surface area contributed by atoms with E-state index < -0.39 is 0 Å². The number of carbonyl (C=O) groups excluding carboxylic acids is 2. The van der Waals surface area contributed by atoms with Crippen molar-refractivity contribution in [2.45, 2.75) is 25.1 Å². The minimum absolute atomic E-state index is 0.117. The largest absolute Gasteiger partial charge is 0.484 e. The molecule has 7 nitrogen and oxygen atoms in total. The molecule has 0 aliphatic heterocycles. The van der Waals surface area contributed by atoms with Gasteiger partial charge in [0.15, 0.2) is 10.9 Å². The third kappa shape index (κ3) is 6.71. The molecule has 0 aliphatic rings. The number of nitrogens with zero attached hydrogens (tertiary/aromatic N) is 2. The molecule has 25 heavy (non-hydrogen) atoms. The van der Waals surface area contributed by atoms with Crippen LogP contribution in [0.1, 0.15) is 18.1 Å². The molecule has 1 aromatic carbocycles.